The van der Waals surface area contributed by atoms with Crippen LogP contribution in [0.4, 0.5) is 32.0 Å². The van der Waals surface area contributed by atoms with Crippen molar-refractivity contribution in [2.45, 2.75) is 25.2 Å². The highest BCUT2D eigenvalue weighted by Crippen LogP contribution is 2.38. The first kappa shape index (κ1) is 26.3. The molecule has 184 valence electrons. The van der Waals surface area contributed by atoms with Gasteiger partial charge in [0.25, 0.3) is 0 Å². The molecular formula is C25H18ClF6NO2. The fourth-order valence-corrected chi connectivity index (χ4v) is 3.68. The van der Waals surface area contributed by atoms with Crippen LogP contribution in [0.3, 0.4) is 0 Å². The Bertz CT molecular complexity index is 1220. The maximum absolute atomic E-state index is 13.3. The molecule has 0 aliphatic heterocycles. The smallest absolute Gasteiger partial charge is 0.314 e. The number of hydrogen-bond donors (Lipinski definition) is 0. The van der Waals surface area contributed by atoms with Crippen LogP contribution >= 0.6 is 11.6 Å². The molecule has 3 aromatic rings. The van der Waals surface area contributed by atoms with Gasteiger partial charge in [-0.25, -0.2) is 0 Å². The van der Waals surface area contributed by atoms with Gasteiger partial charge in [0.15, 0.2) is 5.78 Å². The highest BCUT2D eigenvalue weighted by molar-refractivity contribution is 6.31. The number of rotatable bonds is 5. The molecule has 0 radical (unpaired) electrons. The Kier molecular flexibility index (Phi) is 7.31. The summed E-state index contributed by atoms with van der Waals surface area (Å²) < 4.78 is 79.5. The average Bonchev–Trinajstić information content (AvgIpc) is 2.81. The Morgan fingerprint density at radius 2 is 1.37 bits per heavy atom. The van der Waals surface area contributed by atoms with Crippen LogP contribution < -0.4 is 4.90 Å². The number of nitrogens with zero attached hydrogens (tertiary/aromatic N) is 1. The van der Waals surface area contributed by atoms with Crippen molar-refractivity contribution in [2.75, 3.05) is 11.9 Å². The van der Waals surface area contributed by atoms with Gasteiger partial charge in [-0.2, -0.15) is 26.3 Å². The minimum atomic E-state index is -5.05. The molecule has 0 aromatic heterocycles. The second-order valence-corrected chi connectivity index (χ2v) is 8.25. The molecule has 0 bridgehead atoms. The molecule has 0 saturated heterocycles. The normalized spacial score (nSPS) is 12.8. The van der Waals surface area contributed by atoms with Crippen molar-refractivity contribution in [3.05, 3.63) is 99.6 Å². The second-order valence-electron chi connectivity index (χ2n) is 7.81. The van der Waals surface area contributed by atoms with Crippen molar-refractivity contribution in [2.24, 2.45) is 0 Å². The Morgan fingerprint density at radius 3 is 1.89 bits per heavy atom. The number of anilines is 1. The van der Waals surface area contributed by atoms with Gasteiger partial charge in [-0.3, -0.25) is 9.59 Å². The van der Waals surface area contributed by atoms with Crippen LogP contribution in [0.25, 0.3) is 0 Å². The highest BCUT2D eigenvalue weighted by atomic mass is 35.5. The number of alkyl halides is 6. The lowest BCUT2D eigenvalue weighted by atomic mass is 9.94. The first-order valence-corrected chi connectivity index (χ1v) is 10.5. The number of carbonyl (C=O) groups excluding carboxylic acids is 2. The molecule has 0 aliphatic carbocycles. The molecule has 1 atom stereocenters. The molecule has 10 heteroatoms. The van der Waals surface area contributed by atoms with Gasteiger partial charge in [-0.1, -0.05) is 41.9 Å². The fourth-order valence-electron chi connectivity index (χ4n) is 3.51. The molecule has 1 amide bonds. The largest absolute Gasteiger partial charge is 0.416 e. The third-order valence-corrected chi connectivity index (χ3v) is 5.65. The van der Waals surface area contributed by atoms with Crippen molar-refractivity contribution in [1.82, 2.24) is 0 Å². The summed E-state index contributed by atoms with van der Waals surface area (Å²) in [4.78, 5) is 27.2. The molecule has 3 nitrogen and oxygen atoms in total. The van der Waals surface area contributed by atoms with Gasteiger partial charge in [0.1, 0.15) is 0 Å². The first-order chi connectivity index (χ1) is 16.2. The van der Waals surface area contributed by atoms with Crippen LogP contribution in [-0.2, 0) is 17.1 Å². The Balaban J connectivity index is 2.03. The Morgan fingerprint density at radius 1 is 0.829 bits per heavy atom. The average molecular weight is 514 g/mol. The molecule has 0 N–H and O–H groups in total. The van der Waals surface area contributed by atoms with Gasteiger partial charge >= 0.3 is 12.4 Å². The fraction of sp³-hybridized carbons (Fsp3) is 0.200. The van der Waals surface area contributed by atoms with Gasteiger partial charge < -0.3 is 4.90 Å². The zero-order valence-electron chi connectivity index (χ0n) is 18.3. The lowest BCUT2D eigenvalue weighted by Gasteiger charge is -2.25. The molecule has 3 rings (SSSR count). The van der Waals surface area contributed by atoms with Crippen LogP contribution in [0, 0.1) is 0 Å². The monoisotopic (exact) mass is 513 g/mol. The molecule has 0 heterocycles. The number of ketones is 1. The minimum absolute atomic E-state index is 0.000236. The van der Waals surface area contributed by atoms with Gasteiger partial charge in [0, 0.05) is 23.2 Å². The molecule has 0 saturated carbocycles. The molecule has 0 aliphatic rings. The van der Waals surface area contributed by atoms with Gasteiger partial charge in [0.05, 0.1) is 22.7 Å². The van der Waals surface area contributed by atoms with E-state index in [2.05, 4.69) is 0 Å². The summed E-state index contributed by atoms with van der Waals surface area (Å²) >= 11 is 6.04. The third-order valence-electron chi connectivity index (χ3n) is 5.41. The molecular weight excluding hydrogens is 496 g/mol. The predicted octanol–water partition coefficient (Wildman–Crippen LogP) is 7.38. The van der Waals surface area contributed by atoms with Crippen molar-refractivity contribution in [3.63, 3.8) is 0 Å². The third kappa shape index (κ3) is 5.85. The Hall–Kier alpha value is -3.33. The van der Waals surface area contributed by atoms with E-state index < -0.39 is 46.7 Å². The van der Waals surface area contributed by atoms with Crippen molar-refractivity contribution in [3.8, 4) is 0 Å². The van der Waals surface area contributed by atoms with Crippen molar-refractivity contribution >= 4 is 29.0 Å². The van der Waals surface area contributed by atoms with E-state index in [9.17, 15) is 35.9 Å². The van der Waals surface area contributed by atoms with Gasteiger partial charge in [0.2, 0.25) is 5.91 Å². The summed E-state index contributed by atoms with van der Waals surface area (Å²) in [5.74, 6) is -2.67. The summed E-state index contributed by atoms with van der Waals surface area (Å²) in [5, 5.41) is 0.203. The van der Waals surface area contributed by atoms with Crippen LogP contribution in [0.5, 0.6) is 0 Å². The molecule has 35 heavy (non-hydrogen) atoms. The molecule has 0 fully saturated rings. The lowest BCUT2D eigenvalue weighted by Crippen LogP contribution is -2.32. The van der Waals surface area contributed by atoms with Gasteiger partial charge in [-0.15, -0.1) is 0 Å². The maximum atomic E-state index is 13.3. The van der Waals surface area contributed by atoms with E-state index in [1.165, 1.54) is 32.2 Å². The van der Waals surface area contributed by atoms with Gasteiger partial charge in [-0.05, 0) is 48.9 Å². The number of carbonyl (C=O) groups is 2. The summed E-state index contributed by atoms with van der Waals surface area (Å²) in [5.41, 5.74) is -3.05. The van der Waals surface area contributed by atoms with E-state index in [-0.39, 0.29) is 22.3 Å². The SMILES string of the molecule is C[C@H](C(=O)N(C)c1ccc(Cl)cc1C(=O)c1ccccc1)c1cc(C(F)(F)F)cc(C(F)(F)F)c1. The summed E-state index contributed by atoms with van der Waals surface area (Å²) in [6, 6.07) is 13.3. The number of halogens is 7. The zero-order valence-corrected chi connectivity index (χ0v) is 19.1. The van der Waals surface area contributed by atoms with Crippen LogP contribution in [-0.4, -0.2) is 18.7 Å². The van der Waals surface area contributed by atoms with E-state index in [4.69, 9.17) is 11.6 Å². The Labute approximate surface area is 201 Å². The van der Waals surface area contributed by atoms with E-state index in [0.29, 0.717) is 17.7 Å². The molecule has 0 spiro atoms. The minimum Gasteiger partial charge on any atom is -0.314 e. The maximum Gasteiger partial charge on any atom is 0.416 e. The second kappa shape index (κ2) is 9.73. The number of benzene rings is 3. The topological polar surface area (TPSA) is 37.4 Å². The van der Waals surface area contributed by atoms with E-state index in [0.717, 1.165) is 4.90 Å². The van der Waals surface area contributed by atoms with Crippen LogP contribution in [0.15, 0.2) is 66.7 Å². The van der Waals surface area contributed by atoms with Crippen LogP contribution in [0.1, 0.15) is 45.5 Å². The number of hydrogen-bond acceptors (Lipinski definition) is 2. The number of amides is 1. The summed E-state index contributed by atoms with van der Waals surface area (Å²) in [6.07, 6.45) is -10.1. The summed E-state index contributed by atoms with van der Waals surface area (Å²) in [7, 11) is 1.28. The van der Waals surface area contributed by atoms with E-state index >= 15 is 0 Å². The van der Waals surface area contributed by atoms with Crippen molar-refractivity contribution in [1.29, 1.82) is 0 Å². The number of likely N-dealkylation sites (N-methyl/N-ethyl adjacent to an activating group) is 1. The zero-order chi connectivity index (χ0) is 26.1. The van der Waals surface area contributed by atoms with E-state index in [1.54, 1.807) is 30.3 Å². The molecule has 0 unspecified atom stereocenters. The van der Waals surface area contributed by atoms with Crippen LogP contribution in [0.2, 0.25) is 5.02 Å². The quantitative estimate of drug-likeness (QED) is 0.264. The lowest BCUT2D eigenvalue weighted by molar-refractivity contribution is -0.143. The predicted molar refractivity (Wildman–Crippen MR) is 120 cm³/mol. The molecule has 3 aromatic carbocycles. The first-order valence-electron chi connectivity index (χ1n) is 10.2. The van der Waals surface area contributed by atoms with E-state index in [1.807, 2.05) is 0 Å². The van der Waals surface area contributed by atoms with Crippen molar-refractivity contribution < 1.29 is 35.9 Å². The highest BCUT2D eigenvalue weighted by Gasteiger charge is 2.38. The standard InChI is InChI=1S/C25H18ClF6NO2/c1-14(16-10-17(24(27,28)29)12-18(11-16)25(30,31)32)23(35)33(2)21-9-8-19(26)13-20(21)22(34)15-6-4-3-5-7-15/h3-14H,1-2H3/t14-/m0/s1. The summed E-state index contributed by atoms with van der Waals surface area (Å²) in [6.45, 7) is 1.20.